The van der Waals surface area contributed by atoms with Crippen LogP contribution in [0.25, 0.3) is 0 Å². The molecule has 0 radical (unpaired) electrons. The highest BCUT2D eigenvalue weighted by Gasteiger charge is 2.11. The van der Waals surface area contributed by atoms with Gasteiger partial charge in [-0.2, -0.15) is 0 Å². The third-order valence-electron chi connectivity index (χ3n) is 3.12. The quantitative estimate of drug-likeness (QED) is 0.351. The summed E-state index contributed by atoms with van der Waals surface area (Å²) in [6, 6.07) is 9.29. The van der Waals surface area contributed by atoms with Crippen molar-refractivity contribution < 1.29 is 14.0 Å². The van der Waals surface area contributed by atoms with Crippen LogP contribution in [0.4, 0.5) is 14.5 Å². The number of nitrogens with one attached hydrogen (secondary N) is 1. The lowest BCUT2D eigenvalue weighted by atomic mass is 10.1. The SMILES string of the molecule is Cc1ccc(NCc2cccc(/C(N)=N/O)c2F)cc1F. The smallest absolute Gasteiger partial charge is 0.173 e. The Morgan fingerprint density at radius 3 is 2.71 bits per heavy atom. The van der Waals surface area contributed by atoms with E-state index in [1.165, 1.54) is 12.1 Å². The predicted octanol–water partition coefficient (Wildman–Crippen LogP) is 2.98. The Balaban J connectivity index is 2.18. The lowest BCUT2D eigenvalue weighted by Gasteiger charge is -2.10. The zero-order valence-corrected chi connectivity index (χ0v) is 11.4. The van der Waals surface area contributed by atoms with Crippen LogP contribution in [0.15, 0.2) is 41.6 Å². The van der Waals surface area contributed by atoms with Gasteiger partial charge in [-0.25, -0.2) is 8.78 Å². The number of hydrogen-bond donors (Lipinski definition) is 3. The van der Waals surface area contributed by atoms with Crippen LogP contribution < -0.4 is 11.1 Å². The zero-order valence-electron chi connectivity index (χ0n) is 11.4. The molecule has 0 aromatic heterocycles. The predicted molar refractivity (Wildman–Crippen MR) is 77.4 cm³/mol. The average molecular weight is 291 g/mol. The average Bonchev–Trinajstić information content (AvgIpc) is 2.49. The van der Waals surface area contributed by atoms with Crippen LogP contribution in [0.2, 0.25) is 0 Å². The van der Waals surface area contributed by atoms with Gasteiger partial charge in [0.1, 0.15) is 11.6 Å². The van der Waals surface area contributed by atoms with E-state index in [-0.39, 0.29) is 23.8 Å². The Morgan fingerprint density at radius 1 is 1.29 bits per heavy atom. The number of nitrogens with zero attached hydrogens (tertiary/aromatic N) is 1. The molecule has 6 heteroatoms. The summed E-state index contributed by atoms with van der Waals surface area (Å²) in [6.07, 6.45) is 0. The summed E-state index contributed by atoms with van der Waals surface area (Å²) in [6.45, 7) is 1.82. The molecule has 0 aliphatic carbocycles. The second-order valence-electron chi connectivity index (χ2n) is 4.58. The Labute approximate surface area is 120 Å². The second kappa shape index (κ2) is 6.21. The molecule has 0 heterocycles. The van der Waals surface area contributed by atoms with E-state index in [2.05, 4.69) is 10.5 Å². The number of rotatable bonds is 4. The van der Waals surface area contributed by atoms with Crippen molar-refractivity contribution in [1.82, 2.24) is 0 Å². The number of oxime groups is 1. The third kappa shape index (κ3) is 3.28. The number of hydrogen-bond acceptors (Lipinski definition) is 3. The van der Waals surface area contributed by atoms with Crippen LogP contribution in [0, 0.1) is 18.6 Å². The van der Waals surface area contributed by atoms with Gasteiger partial charge in [-0.1, -0.05) is 23.4 Å². The van der Waals surface area contributed by atoms with Crippen LogP contribution in [0.5, 0.6) is 0 Å². The maximum Gasteiger partial charge on any atom is 0.173 e. The van der Waals surface area contributed by atoms with Crippen molar-refractivity contribution in [1.29, 1.82) is 0 Å². The van der Waals surface area contributed by atoms with Crippen LogP contribution in [-0.4, -0.2) is 11.0 Å². The van der Waals surface area contributed by atoms with Gasteiger partial charge in [0.05, 0.1) is 5.56 Å². The maximum absolute atomic E-state index is 14.2. The molecule has 0 saturated carbocycles. The number of aryl methyl sites for hydroxylation is 1. The minimum absolute atomic E-state index is 0.0203. The Kier molecular flexibility index (Phi) is 4.37. The lowest BCUT2D eigenvalue weighted by Crippen LogP contribution is -2.16. The van der Waals surface area contributed by atoms with Crippen molar-refractivity contribution in [2.75, 3.05) is 5.32 Å². The number of nitrogens with two attached hydrogens (primary N) is 1. The molecule has 0 aliphatic rings. The monoisotopic (exact) mass is 291 g/mol. The summed E-state index contributed by atoms with van der Waals surface area (Å²) >= 11 is 0. The van der Waals surface area contributed by atoms with Crippen molar-refractivity contribution in [3.63, 3.8) is 0 Å². The fraction of sp³-hybridized carbons (Fsp3) is 0.133. The molecule has 0 unspecified atom stereocenters. The molecule has 0 spiro atoms. The second-order valence-corrected chi connectivity index (χ2v) is 4.58. The Hall–Kier alpha value is -2.63. The molecule has 0 atom stereocenters. The molecular formula is C15H15F2N3O. The Bertz CT molecular complexity index is 687. The summed E-state index contributed by atoms with van der Waals surface area (Å²) in [7, 11) is 0. The van der Waals surface area contributed by atoms with E-state index in [9.17, 15) is 8.78 Å². The zero-order chi connectivity index (χ0) is 15.4. The molecule has 0 saturated heterocycles. The molecule has 0 amide bonds. The first kappa shape index (κ1) is 14.8. The van der Waals surface area contributed by atoms with E-state index in [0.29, 0.717) is 16.8 Å². The van der Waals surface area contributed by atoms with Gasteiger partial charge in [-0.3, -0.25) is 0 Å². The molecule has 4 nitrogen and oxygen atoms in total. The fourth-order valence-corrected chi connectivity index (χ4v) is 1.87. The molecule has 0 fully saturated rings. The van der Waals surface area contributed by atoms with Crippen molar-refractivity contribution >= 4 is 11.5 Å². The first-order valence-corrected chi connectivity index (χ1v) is 6.28. The molecular weight excluding hydrogens is 276 g/mol. The molecule has 0 bridgehead atoms. The molecule has 110 valence electrons. The highest BCUT2D eigenvalue weighted by Crippen LogP contribution is 2.17. The Morgan fingerprint density at radius 2 is 2.05 bits per heavy atom. The summed E-state index contributed by atoms with van der Waals surface area (Å²) < 4.78 is 27.6. The van der Waals surface area contributed by atoms with Gasteiger partial charge in [0.25, 0.3) is 0 Å². The van der Waals surface area contributed by atoms with Crippen molar-refractivity contribution in [2.45, 2.75) is 13.5 Å². The largest absolute Gasteiger partial charge is 0.409 e. The van der Waals surface area contributed by atoms with E-state index in [1.54, 1.807) is 31.2 Å². The number of halogens is 2. The molecule has 2 aromatic rings. The molecule has 4 N–H and O–H groups in total. The minimum Gasteiger partial charge on any atom is -0.409 e. The van der Waals surface area contributed by atoms with Gasteiger partial charge in [0.2, 0.25) is 0 Å². The summed E-state index contributed by atoms with van der Waals surface area (Å²) in [4.78, 5) is 0. The topological polar surface area (TPSA) is 70.6 Å². The number of anilines is 1. The molecule has 0 aliphatic heterocycles. The van der Waals surface area contributed by atoms with Gasteiger partial charge >= 0.3 is 0 Å². The first-order valence-electron chi connectivity index (χ1n) is 6.28. The van der Waals surface area contributed by atoms with Crippen LogP contribution in [0.1, 0.15) is 16.7 Å². The molecule has 2 rings (SSSR count). The fourth-order valence-electron chi connectivity index (χ4n) is 1.87. The maximum atomic E-state index is 14.2. The van der Waals surface area contributed by atoms with Crippen LogP contribution in [-0.2, 0) is 6.54 Å². The van der Waals surface area contributed by atoms with Crippen molar-refractivity contribution in [3.05, 3.63) is 64.7 Å². The van der Waals surface area contributed by atoms with Crippen LogP contribution >= 0.6 is 0 Å². The highest BCUT2D eigenvalue weighted by atomic mass is 19.1. The number of amidine groups is 1. The third-order valence-corrected chi connectivity index (χ3v) is 3.12. The summed E-state index contributed by atoms with van der Waals surface area (Å²) in [5, 5.41) is 14.3. The molecule has 21 heavy (non-hydrogen) atoms. The summed E-state index contributed by atoms with van der Waals surface area (Å²) in [5.41, 5.74) is 6.84. The first-order chi connectivity index (χ1) is 10.0. The van der Waals surface area contributed by atoms with Crippen molar-refractivity contribution in [2.24, 2.45) is 10.9 Å². The van der Waals surface area contributed by atoms with E-state index in [1.807, 2.05) is 0 Å². The van der Waals surface area contributed by atoms with E-state index < -0.39 is 5.82 Å². The molecule has 2 aromatic carbocycles. The van der Waals surface area contributed by atoms with Gasteiger partial charge < -0.3 is 16.3 Å². The van der Waals surface area contributed by atoms with Gasteiger partial charge in [0, 0.05) is 17.8 Å². The van der Waals surface area contributed by atoms with E-state index in [4.69, 9.17) is 10.9 Å². The van der Waals surface area contributed by atoms with Gasteiger partial charge in [0.15, 0.2) is 5.84 Å². The number of benzene rings is 2. The lowest BCUT2D eigenvalue weighted by molar-refractivity contribution is 0.318. The standard InChI is InChI=1S/C15H15F2N3O/c1-9-5-6-11(7-13(9)16)19-8-10-3-2-4-12(14(10)17)15(18)20-21/h2-7,19,21H,8H2,1H3,(H2,18,20). The normalized spacial score (nSPS) is 11.5. The minimum atomic E-state index is -0.576. The van der Waals surface area contributed by atoms with Gasteiger partial charge in [-0.05, 0) is 30.7 Å². The van der Waals surface area contributed by atoms with Crippen LogP contribution in [0.3, 0.4) is 0 Å². The van der Waals surface area contributed by atoms with E-state index in [0.717, 1.165) is 0 Å². The van der Waals surface area contributed by atoms with Crippen molar-refractivity contribution in [3.8, 4) is 0 Å². The highest BCUT2D eigenvalue weighted by molar-refractivity contribution is 5.97. The summed E-state index contributed by atoms with van der Waals surface area (Å²) in [5.74, 6) is -1.20. The van der Waals surface area contributed by atoms with Gasteiger partial charge in [-0.15, -0.1) is 0 Å². The van der Waals surface area contributed by atoms with E-state index >= 15 is 0 Å².